The molecule has 1 nitrogen and oxygen atoms in total. The summed E-state index contributed by atoms with van der Waals surface area (Å²) in [6, 6.07) is 0.779. The topological polar surface area (TPSA) is 3.24 Å². The van der Waals surface area contributed by atoms with Crippen molar-refractivity contribution < 1.29 is 0 Å². The molecular weight excluding hydrogens is 158 g/mol. The highest BCUT2D eigenvalue weighted by Gasteiger charge is 2.61. The molecule has 0 radical (unpaired) electrons. The molecule has 2 aliphatic carbocycles. The molecule has 3 unspecified atom stereocenters. The number of nitrogens with zero attached hydrogens (tertiary/aromatic N) is 1. The molecule has 1 heteroatoms. The van der Waals surface area contributed by atoms with Crippen molar-refractivity contribution in [1.29, 1.82) is 0 Å². The van der Waals surface area contributed by atoms with Crippen LogP contribution in [0.15, 0.2) is 0 Å². The van der Waals surface area contributed by atoms with Gasteiger partial charge in [0.1, 0.15) is 0 Å². The summed E-state index contributed by atoms with van der Waals surface area (Å²) in [6.45, 7) is 7.55. The molecule has 2 saturated carbocycles. The molecule has 1 saturated heterocycles. The molecule has 0 N–H and O–H groups in total. The maximum Gasteiger partial charge on any atom is 0.00466 e. The van der Waals surface area contributed by atoms with Gasteiger partial charge in [0, 0.05) is 19.1 Å². The van der Waals surface area contributed by atoms with Crippen LogP contribution in [0, 0.1) is 17.3 Å². The third-order valence-corrected chi connectivity index (χ3v) is 5.07. The van der Waals surface area contributed by atoms with Gasteiger partial charge in [0.25, 0.3) is 0 Å². The van der Waals surface area contributed by atoms with Crippen LogP contribution in [0.25, 0.3) is 0 Å². The fraction of sp³-hybridized carbons (Fsp3) is 1.00. The van der Waals surface area contributed by atoms with Crippen molar-refractivity contribution in [2.24, 2.45) is 17.3 Å². The first-order valence-electron chi connectivity index (χ1n) is 5.96. The first-order chi connectivity index (χ1) is 6.22. The van der Waals surface area contributed by atoms with Gasteiger partial charge < -0.3 is 4.90 Å². The Hall–Kier alpha value is -0.0400. The van der Waals surface area contributed by atoms with Crippen molar-refractivity contribution in [3.63, 3.8) is 0 Å². The van der Waals surface area contributed by atoms with E-state index in [1.54, 1.807) is 19.3 Å². The summed E-state index contributed by atoms with van der Waals surface area (Å²) in [5, 5.41) is 0. The number of likely N-dealkylation sites (tertiary alicyclic amines) is 1. The van der Waals surface area contributed by atoms with Crippen LogP contribution in [0.4, 0.5) is 0 Å². The molecular formula is C12H21N. The number of hydrogen-bond donors (Lipinski definition) is 0. The molecule has 0 amide bonds. The number of hydrogen-bond acceptors (Lipinski definition) is 1. The minimum atomic E-state index is 0.779. The Labute approximate surface area is 81.5 Å². The maximum atomic E-state index is 2.72. The average molecular weight is 179 g/mol. The lowest BCUT2D eigenvalue weighted by atomic mass is 9.56. The Morgan fingerprint density at radius 2 is 2.15 bits per heavy atom. The molecule has 1 spiro atoms. The van der Waals surface area contributed by atoms with Gasteiger partial charge in [0.15, 0.2) is 0 Å². The molecule has 3 aliphatic rings. The number of rotatable bonds is 1. The second kappa shape index (κ2) is 2.50. The standard InChI is InChI=1S/C12H21N/c1-9(2)13-7-11-6-10-4-3-5-12(10,11)8-13/h9-11H,3-8H2,1-2H3. The zero-order chi connectivity index (χ0) is 9.05. The zero-order valence-electron chi connectivity index (χ0n) is 8.92. The third-order valence-electron chi connectivity index (χ3n) is 5.07. The Balaban J connectivity index is 1.80. The van der Waals surface area contributed by atoms with Gasteiger partial charge in [-0.05, 0) is 50.4 Å². The van der Waals surface area contributed by atoms with E-state index in [-0.39, 0.29) is 0 Å². The van der Waals surface area contributed by atoms with E-state index in [4.69, 9.17) is 0 Å². The van der Waals surface area contributed by atoms with E-state index in [9.17, 15) is 0 Å². The smallest absolute Gasteiger partial charge is 0.00466 e. The minimum absolute atomic E-state index is 0.779. The fourth-order valence-electron chi connectivity index (χ4n) is 4.19. The van der Waals surface area contributed by atoms with Gasteiger partial charge in [-0.3, -0.25) is 0 Å². The van der Waals surface area contributed by atoms with Gasteiger partial charge in [-0.15, -0.1) is 0 Å². The summed E-state index contributed by atoms with van der Waals surface area (Å²) in [7, 11) is 0. The van der Waals surface area contributed by atoms with Gasteiger partial charge in [-0.25, -0.2) is 0 Å². The molecule has 3 atom stereocenters. The van der Waals surface area contributed by atoms with Crippen LogP contribution in [0.2, 0.25) is 0 Å². The Morgan fingerprint density at radius 3 is 2.85 bits per heavy atom. The summed E-state index contributed by atoms with van der Waals surface area (Å²) in [4.78, 5) is 2.72. The van der Waals surface area contributed by atoms with Crippen molar-refractivity contribution in [1.82, 2.24) is 4.90 Å². The summed E-state index contributed by atoms with van der Waals surface area (Å²) >= 11 is 0. The first-order valence-corrected chi connectivity index (χ1v) is 5.96. The Morgan fingerprint density at radius 1 is 1.31 bits per heavy atom. The predicted octanol–water partition coefficient (Wildman–Crippen LogP) is 2.52. The second-order valence-electron chi connectivity index (χ2n) is 5.78. The van der Waals surface area contributed by atoms with Gasteiger partial charge in [0.2, 0.25) is 0 Å². The van der Waals surface area contributed by atoms with Crippen LogP contribution in [0.1, 0.15) is 39.5 Å². The molecule has 0 aromatic rings. The van der Waals surface area contributed by atoms with E-state index in [0.29, 0.717) is 0 Å². The van der Waals surface area contributed by atoms with E-state index in [1.807, 2.05) is 0 Å². The lowest BCUT2D eigenvalue weighted by molar-refractivity contribution is 0.0200. The largest absolute Gasteiger partial charge is 0.300 e. The normalized spacial score (nSPS) is 49.2. The lowest BCUT2D eigenvalue weighted by Gasteiger charge is -2.48. The third kappa shape index (κ3) is 0.918. The monoisotopic (exact) mass is 179 g/mol. The fourth-order valence-corrected chi connectivity index (χ4v) is 4.19. The lowest BCUT2D eigenvalue weighted by Crippen LogP contribution is -2.44. The summed E-state index contributed by atoms with van der Waals surface area (Å²) in [5.74, 6) is 2.21. The minimum Gasteiger partial charge on any atom is -0.300 e. The zero-order valence-corrected chi connectivity index (χ0v) is 8.92. The highest BCUT2D eigenvalue weighted by Crippen LogP contribution is 2.64. The summed E-state index contributed by atoms with van der Waals surface area (Å²) in [5.41, 5.74) is 0.824. The van der Waals surface area contributed by atoms with Crippen LogP contribution in [0.3, 0.4) is 0 Å². The summed E-state index contributed by atoms with van der Waals surface area (Å²) in [6.07, 6.45) is 6.17. The quantitative estimate of drug-likeness (QED) is 0.598. The van der Waals surface area contributed by atoms with Crippen molar-refractivity contribution in [2.45, 2.75) is 45.6 Å². The van der Waals surface area contributed by atoms with E-state index >= 15 is 0 Å². The summed E-state index contributed by atoms with van der Waals surface area (Å²) < 4.78 is 0. The van der Waals surface area contributed by atoms with Gasteiger partial charge in [0.05, 0.1) is 0 Å². The highest BCUT2D eigenvalue weighted by molar-refractivity contribution is 5.11. The Kier molecular flexibility index (Phi) is 1.59. The van der Waals surface area contributed by atoms with Gasteiger partial charge in [-0.1, -0.05) is 6.42 Å². The maximum absolute atomic E-state index is 2.72. The molecule has 74 valence electrons. The van der Waals surface area contributed by atoms with E-state index < -0.39 is 0 Å². The predicted molar refractivity (Wildman–Crippen MR) is 54.6 cm³/mol. The second-order valence-corrected chi connectivity index (χ2v) is 5.78. The van der Waals surface area contributed by atoms with Gasteiger partial charge >= 0.3 is 0 Å². The Bertz CT molecular complexity index is 223. The SMILES string of the molecule is CC(C)N1CC2CC3CCCC32C1. The van der Waals surface area contributed by atoms with Crippen LogP contribution < -0.4 is 0 Å². The van der Waals surface area contributed by atoms with Crippen molar-refractivity contribution >= 4 is 0 Å². The van der Waals surface area contributed by atoms with Crippen LogP contribution >= 0.6 is 0 Å². The average Bonchev–Trinajstić information content (AvgIpc) is 2.54. The van der Waals surface area contributed by atoms with Crippen molar-refractivity contribution in [2.75, 3.05) is 13.1 Å². The van der Waals surface area contributed by atoms with E-state index in [2.05, 4.69) is 18.7 Å². The molecule has 1 aliphatic heterocycles. The van der Waals surface area contributed by atoms with Crippen LogP contribution in [-0.4, -0.2) is 24.0 Å². The van der Waals surface area contributed by atoms with Gasteiger partial charge in [-0.2, -0.15) is 0 Å². The van der Waals surface area contributed by atoms with Crippen LogP contribution in [0.5, 0.6) is 0 Å². The highest BCUT2D eigenvalue weighted by atomic mass is 15.2. The first kappa shape index (κ1) is 8.28. The molecule has 0 bridgehead atoms. The molecule has 0 aromatic heterocycles. The van der Waals surface area contributed by atoms with E-state index in [0.717, 1.165) is 23.3 Å². The van der Waals surface area contributed by atoms with E-state index in [1.165, 1.54) is 19.5 Å². The molecule has 1 heterocycles. The molecule has 13 heavy (non-hydrogen) atoms. The van der Waals surface area contributed by atoms with Crippen LogP contribution in [-0.2, 0) is 0 Å². The molecule has 0 aromatic carbocycles. The van der Waals surface area contributed by atoms with Crippen molar-refractivity contribution in [3.05, 3.63) is 0 Å². The molecule has 3 rings (SSSR count). The molecule has 3 fully saturated rings. The van der Waals surface area contributed by atoms with Crippen molar-refractivity contribution in [3.8, 4) is 0 Å².